The molecule has 0 N–H and O–H groups in total. The van der Waals surface area contributed by atoms with Gasteiger partial charge < -0.3 is 0 Å². The quantitative estimate of drug-likeness (QED) is 0.521. The van der Waals surface area contributed by atoms with Crippen molar-refractivity contribution in [1.82, 2.24) is 0 Å². The van der Waals surface area contributed by atoms with E-state index in [2.05, 4.69) is 19.0 Å². The van der Waals surface area contributed by atoms with Crippen LogP contribution in [0.1, 0.15) is 46.0 Å². The molecule has 0 amide bonds. The number of hydrogen-bond acceptors (Lipinski definition) is 2. The highest BCUT2D eigenvalue weighted by molar-refractivity contribution is 4.58. The summed E-state index contributed by atoms with van der Waals surface area (Å²) >= 11 is 0. The van der Waals surface area contributed by atoms with Crippen LogP contribution in [0.3, 0.4) is 0 Å². The van der Waals surface area contributed by atoms with E-state index in [0.717, 1.165) is 12.3 Å². The van der Waals surface area contributed by atoms with Crippen molar-refractivity contribution in [2.45, 2.75) is 46.0 Å². The molecule has 0 radical (unpaired) electrons. The van der Waals surface area contributed by atoms with Crippen LogP contribution in [0.5, 0.6) is 0 Å². The van der Waals surface area contributed by atoms with Crippen molar-refractivity contribution in [2.24, 2.45) is 11.1 Å². The van der Waals surface area contributed by atoms with Crippen LogP contribution in [-0.2, 0) is 0 Å². The molecule has 0 saturated heterocycles. The van der Waals surface area contributed by atoms with E-state index in [1.165, 1.54) is 25.7 Å². The van der Waals surface area contributed by atoms with E-state index < -0.39 is 0 Å². The summed E-state index contributed by atoms with van der Waals surface area (Å²) in [6, 6.07) is 0. The molecule has 0 heterocycles. The van der Waals surface area contributed by atoms with Gasteiger partial charge in [-0.05, 0) is 12.3 Å². The van der Waals surface area contributed by atoms with Crippen LogP contribution in [0.15, 0.2) is 5.18 Å². The molecule has 0 aliphatic heterocycles. The van der Waals surface area contributed by atoms with Gasteiger partial charge in [-0.15, -0.1) is 0 Å². The monoisotopic (exact) mass is 157 g/mol. The van der Waals surface area contributed by atoms with Gasteiger partial charge >= 0.3 is 0 Å². The predicted octanol–water partition coefficient (Wildman–Crippen LogP) is 3.36. The first-order chi connectivity index (χ1) is 5.35. The smallest absolute Gasteiger partial charge is 0.0813 e. The molecule has 2 heteroatoms. The SMILES string of the molecule is CCCCC(CC)CCN=O. The zero-order valence-electron chi connectivity index (χ0n) is 7.68. The molecule has 0 aliphatic rings. The lowest BCUT2D eigenvalue weighted by atomic mass is 9.96. The minimum absolute atomic E-state index is 0.502. The maximum Gasteiger partial charge on any atom is 0.0813 e. The van der Waals surface area contributed by atoms with E-state index in [1.54, 1.807) is 0 Å². The second kappa shape index (κ2) is 7.70. The average molecular weight is 157 g/mol. The van der Waals surface area contributed by atoms with Crippen LogP contribution in [0.4, 0.5) is 0 Å². The van der Waals surface area contributed by atoms with Crippen molar-refractivity contribution in [2.75, 3.05) is 6.54 Å². The van der Waals surface area contributed by atoms with Crippen molar-refractivity contribution < 1.29 is 0 Å². The van der Waals surface area contributed by atoms with Crippen molar-refractivity contribution >= 4 is 0 Å². The molecule has 0 saturated carbocycles. The molecule has 0 aromatic carbocycles. The van der Waals surface area contributed by atoms with Gasteiger partial charge in [0.1, 0.15) is 0 Å². The molecule has 11 heavy (non-hydrogen) atoms. The van der Waals surface area contributed by atoms with Gasteiger partial charge in [0.25, 0.3) is 0 Å². The number of rotatable bonds is 7. The fraction of sp³-hybridized carbons (Fsp3) is 1.00. The lowest BCUT2D eigenvalue weighted by molar-refractivity contribution is 0.427. The largest absolute Gasteiger partial charge is 0.151 e. The molecular formula is C9H19NO. The standard InChI is InChI=1S/C9H19NO/c1-3-5-6-9(4-2)7-8-10-11/h9H,3-8H2,1-2H3. The zero-order chi connectivity index (χ0) is 8.53. The van der Waals surface area contributed by atoms with Crippen LogP contribution in [0.25, 0.3) is 0 Å². The predicted molar refractivity (Wildman–Crippen MR) is 48.6 cm³/mol. The molecule has 1 atom stereocenters. The van der Waals surface area contributed by atoms with Crippen molar-refractivity contribution in [1.29, 1.82) is 0 Å². The van der Waals surface area contributed by atoms with E-state index in [4.69, 9.17) is 0 Å². The molecule has 0 rings (SSSR count). The van der Waals surface area contributed by atoms with Gasteiger partial charge in [0, 0.05) is 0 Å². The zero-order valence-corrected chi connectivity index (χ0v) is 7.68. The van der Waals surface area contributed by atoms with Crippen LogP contribution >= 0.6 is 0 Å². The Morgan fingerprint density at radius 3 is 2.45 bits per heavy atom. The molecular weight excluding hydrogens is 138 g/mol. The number of nitroso groups, excluding NO2 is 1. The highest BCUT2D eigenvalue weighted by atomic mass is 16.3. The Bertz CT molecular complexity index is 93.6. The molecule has 0 aromatic heterocycles. The Kier molecular flexibility index (Phi) is 7.42. The molecule has 0 aromatic rings. The lowest BCUT2D eigenvalue weighted by Crippen LogP contribution is -2.00. The van der Waals surface area contributed by atoms with Crippen LogP contribution in [0.2, 0.25) is 0 Å². The van der Waals surface area contributed by atoms with Crippen LogP contribution in [-0.4, -0.2) is 6.54 Å². The topological polar surface area (TPSA) is 29.4 Å². The summed E-state index contributed by atoms with van der Waals surface area (Å²) in [5, 5.41) is 2.88. The number of unbranched alkanes of at least 4 members (excludes halogenated alkanes) is 1. The summed E-state index contributed by atoms with van der Waals surface area (Å²) < 4.78 is 0. The van der Waals surface area contributed by atoms with E-state index in [1.807, 2.05) is 0 Å². The van der Waals surface area contributed by atoms with Crippen LogP contribution in [0, 0.1) is 10.8 Å². The second-order valence-electron chi connectivity index (χ2n) is 3.06. The Balaban J connectivity index is 3.32. The maximum atomic E-state index is 9.85. The number of hydrogen-bond donors (Lipinski definition) is 0. The van der Waals surface area contributed by atoms with Gasteiger partial charge in [0.15, 0.2) is 0 Å². The van der Waals surface area contributed by atoms with E-state index in [0.29, 0.717) is 6.54 Å². The number of nitrogens with zero attached hydrogens (tertiary/aromatic N) is 1. The Hall–Kier alpha value is -0.400. The normalized spacial score (nSPS) is 12.9. The third-order valence-electron chi connectivity index (χ3n) is 2.17. The Morgan fingerprint density at radius 1 is 1.27 bits per heavy atom. The van der Waals surface area contributed by atoms with Gasteiger partial charge in [-0.3, -0.25) is 0 Å². The first-order valence-corrected chi connectivity index (χ1v) is 4.64. The van der Waals surface area contributed by atoms with Crippen LogP contribution < -0.4 is 0 Å². The van der Waals surface area contributed by atoms with Gasteiger partial charge in [-0.2, -0.15) is 4.91 Å². The molecule has 0 fully saturated rings. The van der Waals surface area contributed by atoms with E-state index >= 15 is 0 Å². The summed E-state index contributed by atoms with van der Waals surface area (Å²) in [4.78, 5) is 9.85. The van der Waals surface area contributed by atoms with Crippen molar-refractivity contribution in [3.05, 3.63) is 4.91 Å². The minimum atomic E-state index is 0.502. The van der Waals surface area contributed by atoms with Crippen molar-refractivity contribution in [3.8, 4) is 0 Å². The third-order valence-corrected chi connectivity index (χ3v) is 2.17. The molecule has 0 bridgehead atoms. The van der Waals surface area contributed by atoms with Crippen molar-refractivity contribution in [3.63, 3.8) is 0 Å². The fourth-order valence-corrected chi connectivity index (χ4v) is 1.28. The first kappa shape index (κ1) is 10.6. The molecule has 0 aliphatic carbocycles. The van der Waals surface area contributed by atoms with Gasteiger partial charge in [0.05, 0.1) is 6.54 Å². The lowest BCUT2D eigenvalue weighted by Gasteiger charge is -2.10. The highest BCUT2D eigenvalue weighted by Gasteiger charge is 2.04. The Labute approximate surface area is 69.4 Å². The molecule has 0 spiro atoms. The second-order valence-corrected chi connectivity index (χ2v) is 3.06. The average Bonchev–Trinajstić information content (AvgIpc) is 2.05. The highest BCUT2D eigenvalue weighted by Crippen LogP contribution is 2.16. The van der Waals surface area contributed by atoms with Gasteiger partial charge in [0.2, 0.25) is 0 Å². The van der Waals surface area contributed by atoms with Gasteiger partial charge in [-0.1, -0.05) is 44.7 Å². The summed E-state index contributed by atoms with van der Waals surface area (Å²) in [6.45, 7) is 4.89. The Morgan fingerprint density at radius 2 is 2.00 bits per heavy atom. The van der Waals surface area contributed by atoms with E-state index in [9.17, 15) is 4.91 Å². The third kappa shape index (κ3) is 6.02. The van der Waals surface area contributed by atoms with E-state index in [-0.39, 0.29) is 0 Å². The maximum absolute atomic E-state index is 9.85. The molecule has 2 nitrogen and oxygen atoms in total. The minimum Gasteiger partial charge on any atom is -0.151 e. The molecule has 66 valence electrons. The summed E-state index contributed by atoms with van der Waals surface area (Å²) in [7, 11) is 0. The molecule has 1 unspecified atom stereocenters. The summed E-state index contributed by atoms with van der Waals surface area (Å²) in [5.41, 5.74) is 0. The summed E-state index contributed by atoms with van der Waals surface area (Å²) in [6.07, 6.45) is 5.99. The first-order valence-electron chi connectivity index (χ1n) is 4.64. The fourth-order valence-electron chi connectivity index (χ4n) is 1.28. The van der Waals surface area contributed by atoms with Gasteiger partial charge in [-0.25, -0.2) is 0 Å². The summed E-state index contributed by atoms with van der Waals surface area (Å²) in [5.74, 6) is 0.729.